The fourth-order valence-electron chi connectivity index (χ4n) is 6.27. The maximum Gasteiger partial charge on any atom is 0.267 e. The van der Waals surface area contributed by atoms with Crippen LogP contribution in [0.2, 0.25) is 0 Å². The second kappa shape index (κ2) is 35.2. The van der Waals surface area contributed by atoms with Crippen molar-refractivity contribution < 1.29 is 28.0 Å². The van der Waals surface area contributed by atoms with Gasteiger partial charge in [-0.25, -0.2) is 0 Å². The standard InChI is InChI=1S/C41H79NO6S/c1-3-5-7-9-11-13-15-16-17-18-19-20-21-22-23-24-25-26-28-30-32-34-36-40(44)41(45)42-38(37-49(46,47)48)39(43)35-33-31-29-27-14-12-10-8-6-4-2/h22-23,33,35,38-40,43-44H,3-21,24-32,34,36-37H2,1-2H3,(H,42,45)(H,46,47,48)/b23-22-,35-33+. The third-order valence-corrected chi connectivity index (χ3v) is 10.3. The SMILES string of the molecule is CCCCCCCCCC/C=C/C(O)C(CS(=O)(=O)O)NC(=O)C(O)CCCCCCCC/C=C\CCCCCCCCCCCCCC. The molecule has 49 heavy (non-hydrogen) atoms. The lowest BCUT2D eigenvalue weighted by Gasteiger charge is -2.22. The lowest BCUT2D eigenvalue weighted by atomic mass is 10.0. The number of carbonyl (C=O) groups is 1. The van der Waals surface area contributed by atoms with Crippen LogP contribution in [0.4, 0.5) is 0 Å². The van der Waals surface area contributed by atoms with Gasteiger partial charge < -0.3 is 15.5 Å². The second-order valence-electron chi connectivity index (χ2n) is 14.4. The minimum Gasteiger partial charge on any atom is -0.387 e. The molecule has 0 saturated carbocycles. The van der Waals surface area contributed by atoms with Crippen LogP contribution < -0.4 is 5.32 Å². The van der Waals surface area contributed by atoms with E-state index in [-0.39, 0.29) is 6.42 Å². The summed E-state index contributed by atoms with van der Waals surface area (Å²) in [6.07, 6.45) is 41.1. The Morgan fingerprint density at radius 2 is 0.898 bits per heavy atom. The summed E-state index contributed by atoms with van der Waals surface area (Å²) in [6.45, 7) is 4.48. The van der Waals surface area contributed by atoms with Crippen LogP contribution in [0, 0.1) is 0 Å². The number of aliphatic hydroxyl groups excluding tert-OH is 2. The first-order valence-electron chi connectivity index (χ1n) is 20.6. The Morgan fingerprint density at radius 3 is 1.29 bits per heavy atom. The van der Waals surface area contributed by atoms with Gasteiger partial charge in [0, 0.05) is 0 Å². The molecule has 3 unspecified atom stereocenters. The molecule has 0 aliphatic carbocycles. The molecule has 0 aromatic heterocycles. The molecule has 0 aliphatic rings. The molecule has 0 aromatic carbocycles. The van der Waals surface area contributed by atoms with E-state index < -0.39 is 40.0 Å². The van der Waals surface area contributed by atoms with Gasteiger partial charge in [-0.2, -0.15) is 8.42 Å². The summed E-state index contributed by atoms with van der Waals surface area (Å²) in [5.41, 5.74) is 0. The van der Waals surface area contributed by atoms with E-state index in [0.717, 1.165) is 44.9 Å². The monoisotopic (exact) mass is 714 g/mol. The van der Waals surface area contributed by atoms with Gasteiger partial charge in [-0.3, -0.25) is 9.35 Å². The maximum absolute atomic E-state index is 12.6. The third-order valence-electron chi connectivity index (χ3n) is 9.48. The maximum atomic E-state index is 12.6. The van der Waals surface area contributed by atoms with Crippen molar-refractivity contribution in [3.8, 4) is 0 Å². The van der Waals surface area contributed by atoms with Crippen molar-refractivity contribution in [1.82, 2.24) is 5.32 Å². The summed E-state index contributed by atoms with van der Waals surface area (Å²) in [7, 11) is -4.44. The first-order valence-corrected chi connectivity index (χ1v) is 22.3. The number of aliphatic hydroxyl groups is 2. The predicted molar refractivity (Wildman–Crippen MR) is 208 cm³/mol. The van der Waals surface area contributed by atoms with Crippen molar-refractivity contribution in [2.45, 2.75) is 225 Å². The lowest BCUT2D eigenvalue weighted by Crippen LogP contribution is -2.50. The van der Waals surface area contributed by atoms with E-state index in [9.17, 15) is 28.0 Å². The van der Waals surface area contributed by atoms with Gasteiger partial charge in [-0.15, -0.1) is 0 Å². The summed E-state index contributed by atoms with van der Waals surface area (Å²) in [6, 6.07) is -1.23. The fourth-order valence-corrected chi connectivity index (χ4v) is 7.01. The van der Waals surface area contributed by atoms with E-state index in [4.69, 9.17) is 0 Å². The zero-order valence-electron chi connectivity index (χ0n) is 31.9. The second-order valence-corrected chi connectivity index (χ2v) is 15.9. The predicted octanol–water partition coefficient (Wildman–Crippen LogP) is 10.9. The quantitative estimate of drug-likeness (QED) is 0.0289. The number of hydrogen-bond donors (Lipinski definition) is 4. The first-order chi connectivity index (χ1) is 23.7. The Hall–Kier alpha value is -1.22. The summed E-state index contributed by atoms with van der Waals surface area (Å²) in [5.74, 6) is -1.54. The zero-order chi connectivity index (χ0) is 36.3. The van der Waals surface area contributed by atoms with E-state index in [1.54, 1.807) is 6.08 Å². The topological polar surface area (TPSA) is 124 Å². The molecule has 0 aliphatic heterocycles. The van der Waals surface area contributed by atoms with Gasteiger partial charge in [0.1, 0.15) is 6.10 Å². The molecule has 1 amide bonds. The van der Waals surface area contributed by atoms with Gasteiger partial charge in [0.15, 0.2) is 0 Å². The Kier molecular flexibility index (Phi) is 34.3. The number of unbranched alkanes of at least 4 members (excludes halogenated alkanes) is 26. The number of carbonyl (C=O) groups excluding carboxylic acids is 1. The highest BCUT2D eigenvalue weighted by molar-refractivity contribution is 7.85. The highest BCUT2D eigenvalue weighted by atomic mass is 32.2. The van der Waals surface area contributed by atoms with Crippen LogP contribution in [0.1, 0.15) is 206 Å². The van der Waals surface area contributed by atoms with E-state index in [2.05, 4.69) is 31.3 Å². The number of rotatable bonds is 37. The van der Waals surface area contributed by atoms with Crippen molar-refractivity contribution in [3.05, 3.63) is 24.3 Å². The first kappa shape index (κ1) is 47.8. The molecule has 0 spiro atoms. The van der Waals surface area contributed by atoms with Gasteiger partial charge in [0.05, 0.1) is 17.9 Å². The smallest absolute Gasteiger partial charge is 0.267 e. The van der Waals surface area contributed by atoms with Gasteiger partial charge in [0.25, 0.3) is 10.1 Å². The van der Waals surface area contributed by atoms with Gasteiger partial charge in [-0.1, -0.05) is 186 Å². The summed E-state index contributed by atoms with van der Waals surface area (Å²) in [4.78, 5) is 12.6. The number of allylic oxidation sites excluding steroid dienone is 3. The van der Waals surface area contributed by atoms with Crippen molar-refractivity contribution in [2.24, 2.45) is 0 Å². The average Bonchev–Trinajstić information content (AvgIpc) is 3.06. The van der Waals surface area contributed by atoms with Crippen LogP contribution in [-0.4, -0.2) is 53.1 Å². The molecule has 7 nitrogen and oxygen atoms in total. The van der Waals surface area contributed by atoms with Crippen LogP contribution in [0.15, 0.2) is 24.3 Å². The van der Waals surface area contributed by atoms with Gasteiger partial charge in [0.2, 0.25) is 5.91 Å². The van der Waals surface area contributed by atoms with E-state index in [1.807, 2.05) is 0 Å². The van der Waals surface area contributed by atoms with Gasteiger partial charge >= 0.3 is 0 Å². The molecule has 0 heterocycles. The highest BCUT2D eigenvalue weighted by Crippen LogP contribution is 2.15. The van der Waals surface area contributed by atoms with Crippen LogP contribution in [-0.2, 0) is 14.9 Å². The van der Waals surface area contributed by atoms with E-state index >= 15 is 0 Å². The fraction of sp³-hybridized carbons (Fsp3) is 0.878. The highest BCUT2D eigenvalue weighted by Gasteiger charge is 2.27. The summed E-state index contributed by atoms with van der Waals surface area (Å²) >= 11 is 0. The molecule has 8 heteroatoms. The van der Waals surface area contributed by atoms with Crippen LogP contribution in [0.25, 0.3) is 0 Å². The normalized spacial score (nSPS) is 14.1. The molecule has 0 radical (unpaired) electrons. The number of hydrogen-bond acceptors (Lipinski definition) is 5. The Morgan fingerprint density at radius 1 is 0.551 bits per heavy atom. The largest absolute Gasteiger partial charge is 0.387 e. The Bertz CT molecular complexity index is 890. The Labute approximate surface area is 303 Å². The van der Waals surface area contributed by atoms with E-state index in [1.165, 1.54) is 141 Å². The molecule has 0 rings (SSSR count). The molecular weight excluding hydrogens is 635 g/mol. The summed E-state index contributed by atoms with van der Waals surface area (Å²) in [5, 5.41) is 23.3. The molecule has 0 fully saturated rings. The van der Waals surface area contributed by atoms with Crippen molar-refractivity contribution in [2.75, 3.05) is 5.75 Å². The van der Waals surface area contributed by atoms with Crippen molar-refractivity contribution in [3.63, 3.8) is 0 Å². The molecule has 290 valence electrons. The van der Waals surface area contributed by atoms with Gasteiger partial charge in [-0.05, 0) is 44.9 Å². The third kappa shape index (κ3) is 35.0. The Balaban J connectivity index is 3.93. The zero-order valence-corrected chi connectivity index (χ0v) is 32.8. The minimum atomic E-state index is -4.44. The van der Waals surface area contributed by atoms with Crippen LogP contribution in [0.5, 0.6) is 0 Å². The molecular formula is C41H79NO6S. The van der Waals surface area contributed by atoms with E-state index in [0.29, 0.717) is 6.42 Å². The molecule has 4 N–H and O–H groups in total. The van der Waals surface area contributed by atoms with Crippen LogP contribution >= 0.6 is 0 Å². The average molecular weight is 714 g/mol. The molecule has 3 atom stereocenters. The summed E-state index contributed by atoms with van der Waals surface area (Å²) < 4.78 is 32.4. The molecule has 0 aromatic rings. The molecule has 0 saturated heterocycles. The number of amides is 1. The molecule has 0 bridgehead atoms. The van der Waals surface area contributed by atoms with Crippen LogP contribution in [0.3, 0.4) is 0 Å². The minimum absolute atomic E-state index is 0.274. The van der Waals surface area contributed by atoms with Crippen molar-refractivity contribution in [1.29, 1.82) is 0 Å². The lowest BCUT2D eigenvalue weighted by molar-refractivity contribution is -0.130. The number of nitrogens with one attached hydrogen (secondary N) is 1. The van der Waals surface area contributed by atoms with Crippen molar-refractivity contribution >= 4 is 16.0 Å².